The summed E-state index contributed by atoms with van der Waals surface area (Å²) in [6.07, 6.45) is 1.18. The van der Waals surface area contributed by atoms with Gasteiger partial charge < -0.3 is 0 Å². The molecule has 5 heteroatoms. The SMILES string of the molecule is CS(=O)(=O)C1C(C#N)C1c1ccc(Cl)cc1. The topological polar surface area (TPSA) is 57.9 Å². The summed E-state index contributed by atoms with van der Waals surface area (Å²) < 4.78 is 22.9. The van der Waals surface area contributed by atoms with Crippen molar-refractivity contribution in [1.29, 1.82) is 5.26 Å². The molecule has 0 aliphatic heterocycles. The van der Waals surface area contributed by atoms with Crippen molar-refractivity contribution in [2.24, 2.45) is 5.92 Å². The fourth-order valence-electron chi connectivity index (χ4n) is 2.05. The molecule has 1 fully saturated rings. The van der Waals surface area contributed by atoms with E-state index in [1.807, 2.05) is 6.07 Å². The van der Waals surface area contributed by atoms with Crippen LogP contribution in [0, 0.1) is 17.2 Å². The van der Waals surface area contributed by atoms with Gasteiger partial charge in [0.05, 0.1) is 17.2 Å². The molecule has 3 nitrogen and oxygen atoms in total. The van der Waals surface area contributed by atoms with Crippen molar-refractivity contribution >= 4 is 21.4 Å². The Morgan fingerprint density at radius 2 is 1.88 bits per heavy atom. The van der Waals surface area contributed by atoms with Gasteiger partial charge in [-0.25, -0.2) is 8.42 Å². The summed E-state index contributed by atoms with van der Waals surface area (Å²) in [5.74, 6) is -0.617. The first-order valence-electron chi connectivity index (χ1n) is 4.79. The Bertz CT molecular complexity index is 544. The van der Waals surface area contributed by atoms with Crippen LogP contribution in [0.1, 0.15) is 11.5 Å². The van der Waals surface area contributed by atoms with Crippen LogP contribution >= 0.6 is 11.6 Å². The molecule has 0 saturated heterocycles. The minimum absolute atomic E-state index is 0.197. The largest absolute Gasteiger partial charge is 0.229 e. The summed E-state index contributed by atoms with van der Waals surface area (Å²) in [7, 11) is -3.15. The van der Waals surface area contributed by atoms with E-state index in [0.29, 0.717) is 5.02 Å². The first-order chi connectivity index (χ1) is 7.45. The van der Waals surface area contributed by atoms with Gasteiger partial charge in [0.1, 0.15) is 0 Å². The van der Waals surface area contributed by atoms with E-state index in [1.165, 1.54) is 6.26 Å². The average Bonchev–Trinajstić information content (AvgIpc) is 2.92. The number of benzene rings is 1. The molecule has 1 saturated carbocycles. The first kappa shape index (κ1) is 11.4. The van der Waals surface area contributed by atoms with E-state index >= 15 is 0 Å². The Labute approximate surface area is 99.6 Å². The summed E-state index contributed by atoms with van der Waals surface area (Å²) in [5, 5.41) is 8.93. The molecule has 2 rings (SSSR count). The van der Waals surface area contributed by atoms with E-state index in [2.05, 4.69) is 0 Å². The number of hydrogen-bond donors (Lipinski definition) is 0. The van der Waals surface area contributed by atoms with Gasteiger partial charge in [0.2, 0.25) is 0 Å². The van der Waals surface area contributed by atoms with Crippen LogP contribution in [-0.4, -0.2) is 19.9 Å². The number of nitriles is 1. The highest BCUT2D eigenvalue weighted by Gasteiger charge is 2.57. The van der Waals surface area contributed by atoms with Crippen LogP contribution in [0.4, 0.5) is 0 Å². The van der Waals surface area contributed by atoms with E-state index in [-0.39, 0.29) is 5.92 Å². The molecule has 0 bridgehead atoms. The maximum absolute atomic E-state index is 11.4. The number of hydrogen-bond acceptors (Lipinski definition) is 3. The molecule has 0 N–H and O–H groups in total. The lowest BCUT2D eigenvalue weighted by atomic mass is 10.1. The molecule has 0 aromatic heterocycles. The van der Waals surface area contributed by atoms with E-state index in [9.17, 15) is 8.42 Å². The average molecular weight is 256 g/mol. The zero-order chi connectivity index (χ0) is 11.9. The molecule has 3 unspecified atom stereocenters. The smallest absolute Gasteiger partial charge is 0.152 e. The Morgan fingerprint density at radius 1 is 1.31 bits per heavy atom. The standard InChI is InChI=1S/C11H10ClNO2S/c1-16(14,15)11-9(6-13)10(11)7-2-4-8(12)5-3-7/h2-5,9-11H,1H3. The molecule has 84 valence electrons. The molecule has 0 spiro atoms. The van der Waals surface area contributed by atoms with Crippen LogP contribution in [0.3, 0.4) is 0 Å². The number of rotatable bonds is 2. The van der Waals surface area contributed by atoms with Gasteiger partial charge in [-0.05, 0) is 17.7 Å². The van der Waals surface area contributed by atoms with E-state index in [0.717, 1.165) is 5.56 Å². The van der Waals surface area contributed by atoms with Gasteiger partial charge in [-0.3, -0.25) is 0 Å². The van der Waals surface area contributed by atoms with Gasteiger partial charge >= 0.3 is 0 Å². The second-order valence-corrected chi connectivity index (χ2v) is 6.67. The van der Waals surface area contributed by atoms with Gasteiger partial charge in [0.25, 0.3) is 0 Å². The zero-order valence-corrected chi connectivity index (χ0v) is 10.2. The normalized spacial score (nSPS) is 28.4. The van der Waals surface area contributed by atoms with E-state index < -0.39 is 21.0 Å². The monoisotopic (exact) mass is 255 g/mol. The quantitative estimate of drug-likeness (QED) is 0.812. The highest BCUT2D eigenvalue weighted by atomic mass is 35.5. The van der Waals surface area contributed by atoms with Crippen LogP contribution in [0.2, 0.25) is 5.02 Å². The van der Waals surface area contributed by atoms with Crippen LogP contribution in [0.5, 0.6) is 0 Å². The van der Waals surface area contributed by atoms with Gasteiger partial charge in [-0.2, -0.15) is 5.26 Å². The summed E-state index contributed by atoms with van der Waals surface area (Å²) in [4.78, 5) is 0. The summed E-state index contributed by atoms with van der Waals surface area (Å²) in [6, 6.07) is 9.03. The van der Waals surface area contributed by atoms with Crippen molar-refractivity contribution in [3.63, 3.8) is 0 Å². The third kappa shape index (κ3) is 1.93. The van der Waals surface area contributed by atoms with Gasteiger partial charge in [-0.15, -0.1) is 0 Å². The van der Waals surface area contributed by atoms with Gasteiger partial charge in [0, 0.05) is 17.2 Å². The second-order valence-electron chi connectivity index (χ2n) is 4.03. The Hall–Kier alpha value is -1.05. The van der Waals surface area contributed by atoms with Crippen molar-refractivity contribution in [1.82, 2.24) is 0 Å². The molecule has 1 aliphatic rings. The molecule has 1 aromatic rings. The van der Waals surface area contributed by atoms with Crippen molar-refractivity contribution in [3.05, 3.63) is 34.9 Å². The minimum Gasteiger partial charge on any atom is -0.229 e. The van der Waals surface area contributed by atoms with Crippen molar-refractivity contribution in [2.75, 3.05) is 6.26 Å². The Balaban J connectivity index is 2.31. The first-order valence-corrected chi connectivity index (χ1v) is 7.12. The molecule has 0 amide bonds. The molecule has 16 heavy (non-hydrogen) atoms. The lowest BCUT2D eigenvalue weighted by Crippen LogP contribution is -2.06. The summed E-state index contributed by atoms with van der Waals surface area (Å²) in [6.45, 7) is 0. The van der Waals surface area contributed by atoms with Crippen LogP contribution < -0.4 is 0 Å². The van der Waals surface area contributed by atoms with Crippen LogP contribution in [-0.2, 0) is 9.84 Å². The predicted octanol–water partition coefficient (Wildman–Crippen LogP) is 1.99. The van der Waals surface area contributed by atoms with E-state index in [1.54, 1.807) is 24.3 Å². The molecule has 0 heterocycles. The Morgan fingerprint density at radius 3 is 2.25 bits per heavy atom. The number of nitrogens with zero attached hydrogens (tertiary/aromatic N) is 1. The maximum Gasteiger partial charge on any atom is 0.152 e. The molecule has 1 aromatic carbocycles. The zero-order valence-electron chi connectivity index (χ0n) is 8.59. The van der Waals surface area contributed by atoms with Gasteiger partial charge in [0.15, 0.2) is 9.84 Å². The predicted molar refractivity (Wildman–Crippen MR) is 61.9 cm³/mol. The lowest BCUT2D eigenvalue weighted by molar-refractivity contribution is 0.599. The van der Waals surface area contributed by atoms with Crippen LogP contribution in [0.25, 0.3) is 0 Å². The fraction of sp³-hybridized carbons (Fsp3) is 0.364. The summed E-state index contributed by atoms with van der Waals surface area (Å²) >= 11 is 5.75. The molecule has 1 aliphatic carbocycles. The molecular weight excluding hydrogens is 246 g/mol. The third-order valence-corrected chi connectivity index (χ3v) is 4.68. The molecular formula is C11H10ClNO2S. The van der Waals surface area contributed by atoms with E-state index in [4.69, 9.17) is 16.9 Å². The minimum atomic E-state index is -3.15. The van der Waals surface area contributed by atoms with Crippen LogP contribution in [0.15, 0.2) is 24.3 Å². The Kier molecular flexibility index (Phi) is 2.69. The maximum atomic E-state index is 11.4. The van der Waals surface area contributed by atoms with Crippen molar-refractivity contribution < 1.29 is 8.42 Å². The highest BCUT2D eigenvalue weighted by Crippen LogP contribution is 2.51. The third-order valence-electron chi connectivity index (χ3n) is 2.85. The number of sulfone groups is 1. The fourth-order valence-corrected chi connectivity index (χ4v) is 3.71. The molecule has 0 radical (unpaired) electrons. The van der Waals surface area contributed by atoms with Crippen molar-refractivity contribution in [3.8, 4) is 6.07 Å². The van der Waals surface area contributed by atoms with Crippen molar-refractivity contribution in [2.45, 2.75) is 11.2 Å². The molecule has 3 atom stereocenters. The lowest BCUT2D eigenvalue weighted by Gasteiger charge is -1.98. The van der Waals surface area contributed by atoms with Gasteiger partial charge in [-0.1, -0.05) is 23.7 Å². The second kappa shape index (κ2) is 3.76. The summed E-state index contributed by atoms with van der Waals surface area (Å²) in [5.41, 5.74) is 0.867. The highest BCUT2D eigenvalue weighted by molar-refractivity contribution is 7.91. The number of halogens is 1.